The maximum absolute atomic E-state index is 13.3. The summed E-state index contributed by atoms with van der Waals surface area (Å²) in [7, 11) is 1.65. The molecule has 4 saturated heterocycles. The highest BCUT2D eigenvalue weighted by atomic mass is 16.6. The predicted octanol–water partition coefficient (Wildman–Crippen LogP) is 1.44. The number of amides is 1. The molecule has 26 heavy (non-hydrogen) atoms. The molecule has 1 amide bonds. The van der Waals surface area contributed by atoms with Crippen LogP contribution in [0.2, 0.25) is 0 Å². The molecule has 5 aliphatic heterocycles. The van der Waals surface area contributed by atoms with Crippen molar-refractivity contribution in [2.24, 2.45) is 11.8 Å². The normalized spacial score (nSPS) is 47.6. The van der Waals surface area contributed by atoms with E-state index in [1.165, 1.54) is 0 Å². The number of anilines is 1. The van der Waals surface area contributed by atoms with Crippen molar-refractivity contribution in [3.05, 3.63) is 23.8 Å². The Morgan fingerprint density at radius 1 is 1.35 bits per heavy atom. The standard InChI is InChI=1S/C20H24N2O4/c1-10-20(26-10)9-21-16-7-19(17-6-14(20)12(16)8-25-17)13-4-3-11(24-2)5-15(13)22-18(19)23/h3-5,10,12,14,16-17,21H,6-9H2,1-2H3,(H,22,23)/t10-,12-,14+,16-,17+,19-,20+/m0/s1. The lowest BCUT2D eigenvalue weighted by atomic mass is 9.70. The first kappa shape index (κ1) is 15.4. The highest BCUT2D eigenvalue weighted by Crippen LogP contribution is 2.59. The van der Waals surface area contributed by atoms with E-state index in [1.54, 1.807) is 7.11 Å². The van der Waals surface area contributed by atoms with Gasteiger partial charge in [-0.2, -0.15) is 0 Å². The Balaban J connectivity index is 1.48. The van der Waals surface area contributed by atoms with E-state index < -0.39 is 5.41 Å². The number of epoxide rings is 1. The summed E-state index contributed by atoms with van der Waals surface area (Å²) in [5, 5.41) is 6.83. The number of rotatable bonds is 1. The second-order valence-corrected chi connectivity index (χ2v) is 8.57. The number of ether oxygens (including phenoxy) is 3. The average molecular weight is 356 g/mol. The summed E-state index contributed by atoms with van der Waals surface area (Å²) in [6.07, 6.45) is 1.88. The van der Waals surface area contributed by atoms with Crippen LogP contribution in [0.1, 0.15) is 25.3 Å². The largest absolute Gasteiger partial charge is 0.497 e. The van der Waals surface area contributed by atoms with Crippen molar-refractivity contribution in [1.82, 2.24) is 5.32 Å². The van der Waals surface area contributed by atoms with E-state index >= 15 is 0 Å². The fourth-order valence-corrected chi connectivity index (χ4v) is 6.28. The van der Waals surface area contributed by atoms with Crippen LogP contribution in [0.3, 0.4) is 0 Å². The molecule has 138 valence electrons. The predicted molar refractivity (Wildman–Crippen MR) is 94.3 cm³/mol. The van der Waals surface area contributed by atoms with Gasteiger partial charge < -0.3 is 24.8 Å². The van der Waals surface area contributed by atoms with E-state index in [-0.39, 0.29) is 23.7 Å². The molecule has 7 rings (SSSR count). The van der Waals surface area contributed by atoms with Gasteiger partial charge in [-0.05, 0) is 31.4 Å². The van der Waals surface area contributed by atoms with E-state index in [0.717, 1.165) is 36.4 Å². The maximum atomic E-state index is 13.3. The molecule has 1 aromatic rings. The molecule has 7 atom stereocenters. The Morgan fingerprint density at radius 2 is 2.19 bits per heavy atom. The minimum Gasteiger partial charge on any atom is -0.497 e. The van der Waals surface area contributed by atoms with Crippen LogP contribution in [0.5, 0.6) is 5.75 Å². The van der Waals surface area contributed by atoms with Gasteiger partial charge in [0, 0.05) is 36.2 Å². The van der Waals surface area contributed by atoms with Crippen LogP contribution in [0.15, 0.2) is 18.2 Å². The lowest BCUT2D eigenvalue weighted by molar-refractivity contribution is -0.131. The molecule has 1 saturated carbocycles. The van der Waals surface area contributed by atoms with Crippen molar-refractivity contribution in [2.75, 3.05) is 25.6 Å². The third-order valence-electron chi connectivity index (χ3n) is 7.74. The smallest absolute Gasteiger partial charge is 0.237 e. The summed E-state index contributed by atoms with van der Waals surface area (Å²) in [6, 6.07) is 6.20. The van der Waals surface area contributed by atoms with Crippen molar-refractivity contribution < 1.29 is 19.0 Å². The number of nitrogens with one attached hydrogen (secondary N) is 2. The first-order valence-corrected chi connectivity index (χ1v) is 9.61. The number of benzene rings is 1. The number of carbonyl (C=O) groups excluding carboxylic acids is 1. The third kappa shape index (κ3) is 1.66. The molecule has 0 aromatic heterocycles. The van der Waals surface area contributed by atoms with Crippen molar-refractivity contribution in [3.8, 4) is 5.75 Å². The Labute approximate surface area is 152 Å². The van der Waals surface area contributed by atoms with Crippen molar-refractivity contribution in [2.45, 2.75) is 49.0 Å². The van der Waals surface area contributed by atoms with Gasteiger partial charge in [0.05, 0.1) is 25.9 Å². The van der Waals surface area contributed by atoms with Gasteiger partial charge in [0.1, 0.15) is 16.8 Å². The molecule has 6 nitrogen and oxygen atoms in total. The lowest BCUT2D eigenvalue weighted by Gasteiger charge is -2.44. The zero-order chi connectivity index (χ0) is 17.7. The molecule has 4 bridgehead atoms. The van der Waals surface area contributed by atoms with Gasteiger partial charge in [0.15, 0.2) is 0 Å². The first-order valence-electron chi connectivity index (χ1n) is 9.61. The van der Waals surface area contributed by atoms with Crippen LogP contribution in [-0.4, -0.2) is 50.0 Å². The SMILES string of the molecule is COc1ccc2c(c1)NC(=O)[C@@]21C[C@@H]2NC[C@]3(O[C@H]3C)[C@@H]3C[C@H]1OC[C@H]23. The van der Waals surface area contributed by atoms with Gasteiger partial charge in [-0.15, -0.1) is 0 Å². The molecule has 0 radical (unpaired) electrons. The lowest BCUT2D eigenvalue weighted by Crippen LogP contribution is -2.58. The van der Waals surface area contributed by atoms with E-state index in [9.17, 15) is 4.79 Å². The van der Waals surface area contributed by atoms with E-state index in [4.69, 9.17) is 14.2 Å². The molecule has 6 aliphatic rings. The van der Waals surface area contributed by atoms with Crippen LogP contribution in [0.25, 0.3) is 0 Å². The zero-order valence-corrected chi connectivity index (χ0v) is 15.1. The average Bonchev–Trinajstić information content (AvgIpc) is 3.28. The fourth-order valence-electron chi connectivity index (χ4n) is 6.28. The quantitative estimate of drug-likeness (QED) is 0.745. The van der Waals surface area contributed by atoms with Gasteiger partial charge in [0.25, 0.3) is 0 Å². The minimum absolute atomic E-state index is 0.0491. The summed E-state index contributed by atoms with van der Waals surface area (Å²) < 4.78 is 17.8. The van der Waals surface area contributed by atoms with Crippen LogP contribution in [0, 0.1) is 11.8 Å². The summed E-state index contributed by atoms with van der Waals surface area (Å²) in [5.74, 6) is 1.71. The van der Waals surface area contributed by atoms with Crippen molar-refractivity contribution in [1.29, 1.82) is 0 Å². The van der Waals surface area contributed by atoms with E-state index in [0.29, 0.717) is 24.5 Å². The number of hydrogen-bond donors (Lipinski definition) is 2. The fraction of sp³-hybridized carbons (Fsp3) is 0.650. The third-order valence-corrected chi connectivity index (χ3v) is 7.74. The molecule has 2 N–H and O–H groups in total. The van der Waals surface area contributed by atoms with E-state index in [1.807, 2.05) is 18.2 Å². The molecule has 2 spiro atoms. The second kappa shape index (κ2) is 4.80. The molecule has 1 aliphatic carbocycles. The molecule has 5 heterocycles. The van der Waals surface area contributed by atoms with Crippen molar-refractivity contribution >= 4 is 11.6 Å². The Morgan fingerprint density at radius 3 is 2.96 bits per heavy atom. The Hall–Kier alpha value is -1.63. The zero-order valence-electron chi connectivity index (χ0n) is 15.1. The minimum atomic E-state index is -0.619. The Bertz CT molecular complexity index is 813. The van der Waals surface area contributed by atoms with Crippen molar-refractivity contribution in [3.63, 3.8) is 0 Å². The van der Waals surface area contributed by atoms with Crippen LogP contribution in [0.4, 0.5) is 5.69 Å². The highest BCUT2D eigenvalue weighted by molar-refractivity contribution is 6.07. The number of fused-ring (bicyclic) bond motifs is 2. The summed E-state index contributed by atoms with van der Waals surface area (Å²) in [5.41, 5.74) is 1.25. The molecular formula is C20H24N2O4. The van der Waals surface area contributed by atoms with Gasteiger partial charge in [0.2, 0.25) is 5.91 Å². The number of methoxy groups -OCH3 is 1. The van der Waals surface area contributed by atoms with Crippen LogP contribution < -0.4 is 15.4 Å². The molecule has 1 aromatic carbocycles. The van der Waals surface area contributed by atoms with Crippen LogP contribution in [-0.2, 0) is 19.7 Å². The van der Waals surface area contributed by atoms with Gasteiger partial charge in [-0.3, -0.25) is 4.79 Å². The van der Waals surface area contributed by atoms with Gasteiger partial charge >= 0.3 is 0 Å². The number of hydrogen-bond acceptors (Lipinski definition) is 5. The number of piperidine rings is 1. The molecule has 5 fully saturated rings. The Kier molecular flexibility index (Phi) is 2.85. The van der Waals surface area contributed by atoms with Crippen LogP contribution >= 0.6 is 0 Å². The summed E-state index contributed by atoms with van der Waals surface area (Å²) in [4.78, 5) is 13.3. The molecule has 0 unspecified atom stereocenters. The monoisotopic (exact) mass is 356 g/mol. The summed E-state index contributed by atoms with van der Waals surface area (Å²) in [6.45, 7) is 3.77. The van der Waals surface area contributed by atoms with Gasteiger partial charge in [-0.1, -0.05) is 6.07 Å². The van der Waals surface area contributed by atoms with E-state index in [2.05, 4.69) is 17.6 Å². The second-order valence-electron chi connectivity index (χ2n) is 8.57. The maximum Gasteiger partial charge on any atom is 0.237 e. The summed E-state index contributed by atoms with van der Waals surface area (Å²) >= 11 is 0. The number of carbonyl (C=O) groups is 1. The topological polar surface area (TPSA) is 72.1 Å². The van der Waals surface area contributed by atoms with Gasteiger partial charge in [-0.25, -0.2) is 0 Å². The molecule has 6 heteroatoms. The highest BCUT2D eigenvalue weighted by Gasteiger charge is 2.70. The first-order chi connectivity index (χ1) is 12.6. The molecular weight excluding hydrogens is 332 g/mol.